The van der Waals surface area contributed by atoms with E-state index in [0.717, 1.165) is 41.5 Å². The van der Waals surface area contributed by atoms with Gasteiger partial charge in [0.2, 0.25) is 0 Å². The Kier molecular flexibility index (Phi) is 36.0. The molecule has 1 aliphatic rings. The fourth-order valence-electron chi connectivity index (χ4n) is 8.41. The molecule has 0 aromatic heterocycles. The van der Waals surface area contributed by atoms with Gasteiger partial charge in [0, 0.05) is 36.8 Å². The van der Waals surface area contributed by atoms with Crippen molar-refractivity contribution >= 4 is 33.6 Å². The smallest absolute Gasteiger partial charge is 0.339 e. The first kappa shape index (κ1) is 71.4. The molecule has 0 atom stereocenters. The molecule has 0 aliphatic heterocycles. The van der Waals surface area contributed by atoms with Crippen molar-refractivity contribution in [2.24, 2.45) is 0 Å². The van der Waals surface area contributed by atoms with Crippen LogP contribution in [0.4, 0.5) is 0 Å². The Hall–Kier alpha value is -5.61. The third kappa shape index (κ3) is 22.3. The number of phenolic OH excluding ortho intramolecular Hbond substituents is 2. The van der Waals surface area contributed by atoms with Crippen molar-refractivity contribution in [3.8, 4) is 23.0 Å². The Morgan fingerprint density at radius 2 is 0.727 bits per heavy atom. The number of hydrogen-bond acceptors (Lipinski definition) is 8. The highest BCUT2D eigenvalue weighted by Gasteiger charge is 2.25. The average Bonchev–Trinajstić information content (AvgIpc) is 3.44. The molecule has 2 N–H and O–H groups in total. The van der Waals surface area contributed by atoms with Crippen molar-refractivity contribution in [2.75, 3.05) is 24.0 Å². The van der Waals surface area contributed by atoms with Gasteiger partial charge >= 0.3 is 10.1 Å². The van der Waals surface area contributed by atoms with E-state index in [1.165, 1.54) is 34.8 Å². The molecule has 8 rings (SSSR count). The first-order chi connectivity index (χ1) is 36.3. The lowest BCUT2D eigenvalue weighted by molar-refractivity contribution is -0.270. The largest absolute Gasteiger partial charge is 0.872 e. The third-order valence-electron chi connectivity index (χ3n) is 11.8. The van der Waals surface area contributed by atoms with Crippen molar-refractivity contribution < 1.29 is 27.9 Å². The van der Waals surface area contributed by atoms with E-state index < -0.39 is 10.1 Å². The Balaban J connectivity index is 0.00000289. The normalized spacial score (nSPS) is 10.7. The lowest BCUT2D eigenvalue weighted by Gasteiger charge is -2.24. The molecule has 0 amide bonds. The zero-order valence-corrected chi connectivity index (χ0v) is 50.1. The molecule has 7 aromatic rings. The summed E-state index contributed by atoms with van der Waals surface area (Å²) >= 11 is 3.71. The van der Waals surface area contributed by atoms with E-state index in [-0.39, 0.29) is 68.4 Å². The van der Waals surface area contributed by atoms with Crippen LogP contribution in [0.5, 0.6) is 23.0 Å². The van der Waals surface area contributed by atoms with Crippen molar-refractivity contribution in [2.45, 2.75) is 154 Å². The quantitative estimate of drug-likeness (QED) is 0.123. The van der Waals surface area contributed by atoms with Crippen LogP contribution in [0.25, 0.3) is 0 Å². The van der Waals surface area contributed by atoms with Crippen LogP contribution in [0.3, 0.4) is 0 Å². The van der Waals surface area contributed by atoms with E-state index in [9.17, 15) is 23.7 Å². The topological polar surface area (TPSA) is 107 Å². The molecule has 77 heavy (non-hydrogen) atoms. The first-order valence-corrected chi connectivity index (χ1v) is 31.2. The van der Waals surface area contributed by atoms with Crippen LogP contribution < -0.4 is 9.29 Å². The maximum Gasteiger partial charge on any atom is 0.339 e. The second-order valence-corrected chi connectivity index (χ2v) is 20.9. The van der Waals surface area contributed by atoms with E-state index in [0.29, 0.717) is 50.9 Å². The fraction of sp³-hybridized carbons (Fsp3) is 0.382. The van der Waals surface area contributed by atoms with E-state index in [1.54, 1.807) is 18.2 Å². The van der Waals surface area contributed by atoms with Gasteiger partial charge in [0.05, 0.1) is 0 Å². The Labute approximate surface area is 477 Å². The summed E-state index contributed by atoms with van der Waals surface area (Å²) in [7, 11) is -4.29. The van der Waals surface area contributed by atoms with Crippen LogP contribution >= 0.6 is 23.5 Å². The van der Waals surface area contributed by atoms with E-state index in [4.69, 9.17) is 4.18 Å². The summed E-state index contributed by atoms with van der Waals surface area (Å²) in [5.74, 6) is 2.65. The summed E-state index contributed by atoms with van der Waals surface area (Å²) in [4.78, 5) is 0.0197. The molecule has 8 bridgehead atoms. The van der Waals surface area contributed by atoms with Gasteiger partial charge in [0.1, 0.15) is 22.1 Å². The second-order valence-electron chi connectivity index (χ2n) is 17.0. The van der Waals surface area contributed by atoms with Crippen LogP contribution in [-0.2, 0) is 61.5 Å². The highest BCUT2D eigenvalue weighted by Crippen LogP contribution is 2.40. The van der Waals surface area contributed by atoms with Gasteiger partial charge in [0.25, 0.3) is 0 Å². The minimum absolute atomic E-state index is 0. The molecule has 0 saturated carbocycles. The SMILES string of the molecule is C.C.CC.CC.CC.CC.CCSC.CCSC.Cc1cc2c(O)c(c1)Cc1cc(CCc3ccccc3)cc(c1OS(=O)(=O)c1ccccc1)Cc1cc(C)cc(c1O)Cc1cc(CCc3ccccc3)cc(c1[O-])C2. The van der Waals surface area contributed by atoms with Crippen molar-refractivity contribution in [1.29, 1.82) is 0 Å². The van der Waals surface area contributed by atoms with Crippen LogP contribution in [0.2, 0.25) is 0 Å². The summed E-state index contributed by atoms with van der Waals surface area (Å²) in [6, 6.07) is 44.0. The van der Waals surface area contributed by atoms with Gasteiger partial charge in [-0.2, -0.15) is 31.9 Å². The molecule has 422 valence electrons. The molecule has 1 aliphatic carbocycles. The first-order valence-electron chi connectivity index (χ1n) is 27.0. The van der Waals surface area contributed by atoms with Gasteiger partial charge < -0.3 is 19.5 Å². The molecule has 6 nitrogen and oxygen atoms in total. The second kappa shape index (κ2) is 38.9. The number of rotatable bonds is 11. The lowest BCUT2D eigenvalue weighted by Crippen LogP contribution is -2.14. The molecular formula is C68H95O6S3-. The zero-order valence-electron chi connectivity index (χ0n) is 47.6. The monoisotopic (exact) mass is 1100 g/mol. The maximum absolute atomic E-state index is 14.4. The fourth-order valence-corrected chi connectivity index (χ4v) is 9.43. The number of aromatic hydroxyl groups is 2. The minimum atomic E-state index is -4.29. The van der Waals surface area contributed by atoms with Crippen molar-refractivity contribution in [3.05, 3.63) is 217 Å². The van der Waals surface area contributed by atoms with Gasteiger partial charge in [-0.05, 0) is 120 Å². The minimum Gasteiger partial charge on any atom is -0.872 e. The summed E-state index contributed by atoms with van der Waals surface area (Å²) in [5.41, 5.74) is 10.9. The predicted molar refractivity (Wildman–Crippen MR) is 338 cm³/mol. The van der Waals surface area contributed by atoms with Gasteiger partial charge in [-0.1, -0.05) is 234 Å². The number of fused-ring (bicyclic) bond motifs is 8. The van der Waals surface area contributed by atoms with E-state index in [1.807, 2.05) is 178 Å². The van der Waals surface area contributed by atoms with Gasteiger partial charge in [0.15, 0.2) is 0 Å². The van der Waals surface area contributed by atoms with Gasteiger partial charge in [-0.3, -0.25) is 0 Å². The van der Waals surface area contributed by atoms with E-state index in [2.05, 4.69) is 50.6 Å². The summed E-state index contributed by atoms with van der Waals surface area (Å²) < 4.78 is 34.2. The zero-order chi connectivity index (χ0) is 55.9. The van der Waals surface area contributed by atoms with Crippen LogP contribution in [0.1, 0.15) is 162 Å². The Morgan fingerprint density at radius 1 is 0.455 bits per heavy atom. The molecule has 0 spiro atoms. The van der Waals surface area contributed by atoms with Gasteiger partial charge in [-0.15, -0.1) is 5.75 Å². The molecule has 0 saturated heterocycles. The van der Waals surface area contributed by atoms with Crippen molar-refractivity contribution in [3.63, 3.8) is 0 Å². The molecule has 0 unspecified atom stereocenters. The third-order valence-corrected chi connectivity index (χ3v) is 14.2. The standard InChI is InChI=1S/C52H48O6S.2C3H8S.4C2H6.2CH4/c1-34-22-40-30-44-26-38(20-18-36-12-6-3-7-13-36)27-45(51(44)55)31-41-23-35(2)25-43(50(41)54)33-47-29-39(21-19-37-14-8-4-9-15-37)28-46(32-42(24-34)49(40)53)52(47)58-59(56,57)48-16-10-5-11-17-48;2*1-3-4-2;4*1-2;;/h3-17,22-29,53-55H,18-21,30-33H2,1-2H3;2*3H2,1-2H3;4*1-2H3;2*1H4/p-1. The average molecular weight is 1100 g/mol. The Morgan fingerprint density at radius 3 is 1.04 bits per heavy atom. The lowest BCUT2D eigenvalue weighted by atomic mass is 9.88. The van der Waals surface area contributed by atoms with E-state index >= 15 is 0 Å². The summed E-state index contributed by atoms with van der Waals surface area (Å²) in [6.45, 7) is 24.2. The molecule has 9 heteroatoms. The summed E-state index contributed by atoms with van der Waals surface area (Å²) in [6.07, 6.45) is 7.84. The van der Waals surface area contributed by atoms with Crippen molar-refractivity contribution in [1.82, 2.24) is 0 Å². The van der Waals surface area contributed by atoms with Crippen LogP contribution in [0.15, 0.2) is 144 Å². The number of phenols is 2. The maximum atomic E-state index is 14.4. The molecule has 0 radical (unpaired) electrons. The number of benzene rings is 7. The van der Waals surface area contributed by atoms with Gasteiger partial charge in [-0.25, -0.2) is 0 Å². The molecule has 0 heterocycles. The summed E-state index contributed by atoms with van der Waals surface area (Å²) in [5, 5.41) is 38.5. The molecule has 7 aromatic carbocycles. The number of hydrogen-bond donors (Lipinski definition) is 2. The molecular weight excluding hydrogens is 1010 g/mol. The predicted octanol–water partition coefficient (Wildman–Crippen LogP) is 17.9. The Bertz CT molecular complexity index is 2720. The number of aryl methyl sites for hydroxylation is 6. The highest BCUT2D eigenvalue weighted by atomic mass is 32.2. The highest BCUT2D eigenvalue weighted by molar-refractivity contribution is 7.98. The number of thioether (sulfide) groups is 2. The van der Waals surface area contributed by atoms with Crippen LogP contribution in [-0.4, -0.2) is 42.6 Å². The van der Waals surface area contributed by atoms with Crippen LogP contribution in [0, 0.1) is 13.8 Å². The molecule has 0 fully saturated rings.